The Kier molecular flexibility index (Phi) is 5.27. The van der Waals surface area contributed by atoms with E-state index in [-0.39, 0.29) is 24.8 Å². The summed E-state index contributed by atoms with van der Waals surface area (Å²) in [6.07, 6.45) is 0. The number of nitrogens with zero attached hydrogens (tertiary/aromatic N) is 1. The van der Waals surface area contributed by atoms with Crippen LogP contribution in [0.15, 0.2) is 29.2 Å². The second-order valence-corrected chi connectivity index (χ2v) is 6.37. The Hall–Kier alpha value is -2.06. The number of hydrogen-bond acceptors (Lipinski definition) is 5. The molecule has 2 N–H and O–H groups in total. The fourth-order valence-corrected chi connectivity index (χ4v) is 3.19. The molecule has 1 aliphatic heterocycles. The number of ether oxygens (including phenoxy) is 1. The number of anilines is 1. The third kappa shape index (κ3) is 3.83. The highest BCUT2D eigenvalue weighted by atomic mass is 32.2. The molecule has 0 saturated heterocycles. The van der Waals surface area contributed by atoms with E-state index in [2.05, 4.69) is 5.32 Å². The van der Waals surface area contributed by atoms with Gasteiger partial charge in [-0.1, -0.05) is 12.1 Å². The fourth-order valence-electron chi connectivity index (χ4n) is 2.26. The molecule has 8 heteroatoms. The maximum absolute atomic E-state index is 12.2. The average Bonchev–Trinajstić information content (AvgIpc) is 2.50. The maximum atomic E-state index is 12.2. The lowest BCUT2D eigenvalue weighted by Gasteiger charge is -2.30. The van der Waals surface area contributed by atoms with Crippen molar-refractivity contribution in [3.05, 3.63) is 24.3 Å². The van der Waals surface area contributed by atoms with E-state index in [1.165, 1.54) is 30.7 Å². The summed E-state index contributed by atoms with van der Waals surface area (Å²) in [6, 6.07) is 7.29. The molecule has 1 unspecified atom stereocenters. The van der Waals surface area contributed by atoms with Gasteiger partial charge in [0.05, 0.1) is 18.0 Å². The smallest absolute Gasteiger partial charge is 0.331 e. The van der Waals surface area contributed by atoms with Crippen molar-refractivity contribution in [2.45, 2.75) is 17.4 Å². The fraction of sp³-hybridized carbons (Fsp3) is 0.400. The Morgan fingerprint density at radius 3 is 2.78 bits per heavy atom. The van der Waals surface area contributed by atoms with Crippen LogP contribution >= 0.6 is 11.8 Å². The summed E-state index contributed by atoms with van der Waals surface area (Å²) in [5.41, 5.74) is -0.883. The number of rotatable bonds is 6. The van der Waals surface area contributed by atoms with Crippen molar-refractivity contribution < 1.29 is 24.2 Å². The van der Waals surface area contributed by atoms with Gasteiger partial charge in [0.15, 0.2) is 5.54 Å². The number of aliphatic carboxylic acids is 1. The predicted molar refractivity (Wildman–Crippen MR) is 85.6 cm³/mol. The van der Waals surface area contributed by atoms with Gasteiger partial charge < -0.3 is 20.1 Å². The van der Waals surface area contributed by atoms with E-state index in [1.54, 1.807) is 12.1 Å². The molecule has 0 spiro atoms. The van der Waals surface area contributed by atoms with Crippen molar-refractivity contribution in [2.75, 3.05) is 30.9 Å². The van der Waals surface area contributed by atoms with E-state index in [0.717, 1.165) is 4.90 Å². The number of thioether (sulfide) groups is 1. The first-order valence-corrected chi connectivity index (χ1v) is 7.91. The SMILES string of the molecule is COCC(C)(NC(=O)CN1C(=O)CSc2ccccc21)C(=O)O. The van der Waals surface area contributed by atoms with E-state index in [1.807, 2.05) is 12.1 Å². The highest BCUT2D eigenvalue weighted by molar-refractivity contribution is 8.00. The third-order valence-electron chi connectivity index (χ3n) is 3.43. The molecule has 23 heavy (non-hydrogen) atoms. The van der Waals surface area contributed by atoms with Gasteiger partial charge in [0.25, 0.3) is 0 Å². The first-order chi connectivity index (χ1) is 10.9. The van der Waals surface area contributed by atoms with Gasteiger partial charge in [0.2, 0.25) is 11.8 Å². The lowest BCUT2D eigenvalue weighted by molar-refractivity contribution is -0.149. The van der Waals surface area contributed by atoms with Crippen molar-refractivity contribution in [1.29, 1.82) is 0 Å². The Morgan fingerprint density at radius 1 is 1.43 bits per heavy atom. The number of nitrogens with one attached hydrogen (secondary N) is 1. The van der Waals surface area contributed by atoms with Crippen LogP contribution in [0.2, 0.25) is 0 Å². The summed E-state index contributed by atoms with van der Waals surface area (Å²) in [5.74, 6) is -1.69. The number of carbonyl (C=O) groups excluding carboxylic acids is 2. The Labute approximate surface area is 138 Å². The quantitative estimate of drug-likeness (QED) is 0.794. The zero-order valence-corrected chi connectivity index (χ0v) is 13.7. The molecule has 2 amide bonds. The number of carboxylic acids is 1. The molecule has 1 atom stereocenters. The van der Waals surface area contributed by atoms with Crippen LogP contribution < -0.4 is 10.2 Å². The van der Waals surface area contributed by atoms with Gasteiger partial charge in [-0.25, -0.2) is 4.79 Å². The zero-order chi connectivity index (χ0) is 17.0. The van der Waals surface area contributed by atoms with Crippen LogP contribution in [0.25, 0.3) is 0 Å². The van der Waals surface area contributed by atoms with E-state index >= 15 is 0 Å². The number of methoxy groups -OCH3 is 1. The van der Waals surface area contributed by atoms with E-state index in [4.69, 9.17) is 4.74 Å². The van der Waals surface area contributed by atoms with Crippen molar-refractivity contribution in [2.24, 2.45) is 0 Å². The molecule has 0 fully saturated rings. The molecule has 1 aromatic rings. The van der Waals surface area contributed by atoms with Crippen molar-refractivity contribution in [1.82, 2.24) is 5.32 Å². The summed E-state index contributed by atoms with van der Waals surface area (Å²) in [7, 11) is 1.36. The first kappa shape index (κ1) is 17.3. The number of para-hydroxylation sites is 1. The number of carboxylic acid groups (broad SMARTS) is 1. The molecule has 0 radical (unpaired) electrons. The molecule has 1 aliphatic rings. The molecule has 1 heterocycles. The van der Waals surface area contributed by atoms with E-state index in [0.29, 0.717) is 5.69 Å². The van der Waals surface area contributed by atoms with Crippen molar-refractivity contribution in [3.8, 4) is 0 Å². The molecule has 124 valence electrons. The topological polar surface area (TPSA) is 95.9 Å². The van der Waals surface area contributed by atoms with Gasteiger partial charge in [0, 0.05) is 12.0 Å². The van der Waals surface area contributed by atoms with Gasteiger partial charge in [-0.05, 0) is 19.1 Å². The second-order valence-electron chi connectivity index (χ2n) is 5.35. The summed E-state index contributed by atoms with van der Waals surface area (Å²) in [6.45, 7) is 0.954. The minimum atomic E-state index is -1.54. The highest BCUT2D eigenvalue weighted by Gasteiger charge is 2.36. The number of hydrogen-bond donors (Lipinski definition) is 2. The average molecular weight is 338 g/mol. The van der Waals surface area contributed by atoms with Crippen LogP contribution in [-0.4, -0.2) is 54.4 Å². The third-order valence-corrected chi connectivity index (χ3v) is 4.48. The summed E-state index contributed by atoms with van der Waals surface area (Å²) in [4.78, 5) is 37.9. The number of fused-ring (bicyclic) bond motifs is 1. The number of benzene rings is 1. The van der Waals surface area contributed by atoms with Crippen LogP contribution in [0, 0.1) is 0 Å². The minimum absolute atomic E-state index is 0.172. The number of carbonyl (C=O) groups is 3. The Bertz CT molecular complexity index is 636. The van der Waals surface area contributed by atoms with Gasteiger partial charge in [-0.3, -0.25) is 9.59 Å². The Morgan fingerprint density at radius 2 is 2.13 bits per heavy atom. The molecule has 1 aromatic carbocycles. The van der Waals surface area contributed by atoms with Gasteiger partial charge >= 0.3 is 5.97 Å². The van der Waals surface area contributed by atoms with Crippen LogP contribution in [-0.2, 0) is 19.1 Å². The monoisotopic (exact) mass is 338 g/mol. The Balaban J connectivity index is 2.14. The van der Waals surface area contributed by atoms with Crippen LogP contribution in [0.4, 0.5) is 5.69 Å². The number of amides is 2. The molecular formula is C15H18N2O5S. The summed E-state index contributed by atoms with van der Waals surface area (Å²) >= 11 is 1.42. The molecule has 7 nitrogen and oxygen atoms in total. The predicted octanol–water partition coefficient (Wildman–Crippen LogP) is 0.731. The largest absolute Gasteiger partial charge is 0.479 e. The highest BCUT2D eigenvalue weighted by Crippen LogP contribution is 2.34. The van der Waals surface area contributed by atoms with Crippen molar-refractivity contribution in [3.63, 3.8) is 0 Å². The molecule has 0 saturated carbocycles. The van der Waals surface area contributed by atoms with Crippen LogP contribution in [0.1, 0.15) is 6.92 Å². The lowest BCUT2D eigenvalue weighted by Crippen LogP contribution is -2.57. The van der Waals surface area contributed by atoms with E-state index < -0.39 is 17.4 Å². The van der Waals surface area contributed by atoms with Crippen molar-refractivity contribution >= 4 is 35.2 Å². The second kappa shape index (κ2) is 7.01. The van der Waals surface area contributed by atoms with E-state index in [9.17, 15) is 19.5 Å². The van der Waals surface area contributed by atoms with Gasteiger partial charge in [-0.15, -0.1) is 11.8 Å². The normalized spacial score (nSPS) is 16.4. The summed E-state index contributed by atoms with van der Waals surface area (Å²) in [5, 5.41) is 11.7. The van der Waals surface area contributed by atoms with Gasteiger partial charge in [0.1, 0.15) is 6.54 Å². The molecule has 0 aromatic heterocycles. The lowest BCUT2D eigenvalue weighted by atomic mass is 10.0. The first-order valence-electron chi connectivity index (χ1n) is 6.93. The molecule has 0 bridgehead atoms. The van der Waals surface area contributed by atoms with Crippen LogP contribution in [0.3, 0.4) is 0 Å². The minimum Gasteiger partial charge on any atom is -0.479 e. The summed E-state index contributed by atoms with van der Waals surface area (Å²) < 4.78 is 4.86. The standard InChI is InChI=1S/C15H18N2O5S/c1-15(9-22-2,14(20)21)16-12(18)7-17-10-5-3-4-6-11(10)23-8-13(17)19/h3-6H,7-9H2,1-2H3,(H,16,18)(H,20,21). The molecule has 2 rings (SSSR count). The molecular weight excluding hydrogens is 320 g/mol. The molecule has 0 aliphatic carbocycles. The van der Waals surface area contributed by atoms with Gasteiger partial charge in [-0.2, -0.15) is 0 Å². The zero-order valence-electron chi connectivity index (χ0n) is 12.9. The van der Waals surface area contributed by atoms with Crippen LogP contribution in [0.5, 0.6) is 0 Å². The maximum Gasteiger partial charge on any atom is 0.331 e.